The van der Waals surface area contributed by atoms with Crippen LogP contribution in [-0.4, -0.2) is 25.8 Å². The lowest BCUT2D eigenvalue weighted by atomic mass is 10.3. The molecule has 74 valence electrons. The average molecular weight is 214 g/mol. The van der Waals surface area contributed by atoms with Crippen LogP contribution in [0.3, 0.4) is 0 Å². The highest BCUT2D eigenvalue weighted by Crippen LogP contribution is 2.08. The minimum atomic E-state index is -3.49. The molecule has 0 fully saturated rings. The van der Waals surface area contributed by atoms with Gasteiger partial charge in [-0.05, 0) is 12.8 Å². The Balaban J connectivity index is 4.05. The first-order chi connectivity index (χ1) is 5.52. The van der Waals surface area contributed by atoms with Crippen molar-refractivity contribution in [2.75, 3.05) is 13.1 Å². The average Bonchev–Trinajstić information content (AvgIpc) is 1.95. The molecule has 0 N–H and O–H groups in total. The number of rotatable bonds is 6. The quantitative estimate of drug-likeness (QED) is 0.633. The van der Waals surface area contributed by atoms with Gasteiger partial charge >= 0.3 is 0 Å². The van der Waals surface area contributed by atoms with Gasteiger partial charge in [0.25, 0.3) is 9.24 Å². The minimum absolute atomic E-state index is 0.520. The molecule has 0 aliphatic rings. The fourth-order valence-electron chi connectivity index (χ4n) is 0.914. The van der Waals surface area contributed by atoms with Crippen molar-refractivity contribution in [2.24, 2.45) is 0 Å². The number of hydrogen-bond donors (Lipinski definition) is 0. The van der Waals surface area contributed by atoms with Crippen LogP contribution in [0.2, 0.25) is 0 Å². The summed E-state index contributed by atoms with van der Waals surface area (Å²) in [5.74, 6) is 0. The van der Waals surface area contributed by atoms with Gasteiger partial charge in [-0.1, -0.05) is 20.3 Å². The molecule has 0 rings (SSSR count). The highest BCUT2D eigenvalue weighted by Gasteiger charge is 2.16. The Morgan fingerprint density at radius 2 is 1.75 bits per heavy atom. The molecule has 0 atom stereocenters. The van der Waals surface area contributed by atoms with E-state index in [1.807, 2.05) is 13.8 Å². The number of halogens is 1. The number of unbranched alkanes of at least 4 members (excludes halogenated alkanes) is 1. The first kappa shape index (κ1) is 12.2. The third-order valence-electron chi connectivity index (χ3n) is 1.54. The summed E-state index contributed by atoms with van der Waals surface area (Å²) in [6.45, 7) is 5.01. The summed E-state index contributed by atoms with van der Waals surface area (Å²) in [5.41, 5.74) is 0. The molecule has 0 aromatic rings. The van der Waals surface area contributed by atoms with E-state index in [1.165, 1.54) is 4.31 Å². The molecule has 0 saturated carbocycles. The van der Waals surface area contributed by atoms with Crippen molar-refractivity contribution in [3.63, 3.8) is 0 Å². The highest BCUT2D eigenvalue weighted by atomic mass is 35.7. The molecular formula is C7H16ClNO2S. The van der Waals surface area contributed by atoms with Crippen molar-refractivity contribution in [3.05, 3.63) is 0 Å². The van der Waals surface area contributed by atoms with E-state index in [9.17, 15) is 8.42 Å². The van der Waals surface area contributed by atoms with Gasteiger partial charge in [-0.15, -0.1) is 0 Å². The smallest absolute Gasteiger partial charge is 0.195 e. The zero-order valence-corrected chi connectivity index (χ0v) is 9.16. The second-order valence-electron chi connectivity index (χ2n) is 2.69. The lowest BCUT2D eigenvalue weighted by Gasteiger charge is -2.16. The predicted molar refractivity (Wildman–Crippen MR) is 51.5 cm³/mol. The third-order valence-corrected chi connectivity index (χ3v) is 3.11. The molecule has 0 amide bonds. The van der Waals surface area contributed by atoms with E-state index in [1.54, 1.807) is 0 Å². The van der Waals surface area contributed by atoms with Gasteiger partial charge in [0.05, 0.1) is 0 Å². The molecule has 12 heavy (non-hydrogen) atoms. The van der Waals surface area contributed by atoms with E-state index in [4.69, 9.17) is 10.7 Å². The van der Waals surface area contributed by atoms with Crippen LogP contribution in [0.1, 0.15) is 33.1 Å². The predicted octanol–water partition coefficient (Wildman–Crippen LogP) is 1.98. The zero-order chi connectivity index (χ0) is 9.61. The van der Waals surface area contributed by atoms with Gasteiger partial charge in [-0.2, -0.15) is 12.7 Å². The second kappa shape index (κ2) is 5.78. The van der Waals surface area contributed by atoms with Gasteiger partial charge in [0.15, 0.2) is 0 Å². The van der Waals surface area contributed by atoms with Crippen LogP contribution in [0.5, 0.6) is 0 Å². The summed E-state index contributed by atoms with van der Waals surface area (Å²) in [4.78, 5) is 0. The van der Waals surface area contributed by atoms with Gasteiger partial charge in [-0.3, -0.25) is 0 Å². The molecule has 0 aromatic carbocycles. The van der Waals surface area contributed by atoms with Gasteiger partial charge in [0.1, 0.15) is 0 Å². The largest absolute Gasteiger partial charge is 0.299 e. The van der Waals surface area contributed by atoms with Crippen LogP contribution in [0.15, 0.2) is 0 Å². The van der Waals surface area contributed by atoms with Gasteiger partial charge in [0, 0.05) is 23.8 Å². The Bertz CT molecular complexity index is 203. The summed E-state index contributed by atoms with van der Waals surface area (Å²) < 4.78 is 23.2. The van der Waals surface area contributed by atoms with Gasteiger partial charge < -0.3 is 0 Å². The molecule has 0 spiro atoms. The summed E-state index contributed by atoms with van der Waals surface area (Å²) in [6, 6.07) is 0. The van der Waals surface area contributed by atoms with E-state index in [2.05, 4.69) is 0 Å². The van der Waals surface area contributed by atoms with E-state index in [-0.39, 0.29) is 0 Å². The molecule has 0 aromatic heterocycles. The molecule has 0 saturated heterocycles. The molecule has 0 unspecified atom stereocenters. The topological polar surface area (TPSA) is 37.4 Å². The maximum atomic E-state index is 10.9. The van der Waals surface area contributed by atoms with E-state index >= 15 is 0 Å². The Kier molecular flexibility index (Phi) is 5.88. The first-order valence-electron chi connectivity index (χ1n) is 4.22. The SMILES string of the molecule is CCCCN(CCC)S(=O)(=O)Cl. The molecular weight excluding hydrogens is 198 g/mol. The van der Waals surface area contributed by atoms with Crippen molar-refractivity contribution < 1.29 is 8.42 Å². The summed E-state index contributed by atoms with van der Waals surface area (Å²) in [5, 5.41) is 0. The summed E-state index contributed by atoms with van der Waals surface area (Å²) >= 11 is 0. The van der Waals surface area contributed by atoms with Crippen molar-refractivity contribution in [1.29, 1.82) is 0 Å². The molecule has 0 heterocycles. The van der Waals surface area contributed by atoms with Gasteiger partial charge in [0.2, 0.25) is 0 Å². The van der Waals surface area contributed by atoms with Crippen LogP contribution in [0.25, 0.3) is 0 Å². The summed E-state index contributed by atoms with van der Waals surface area (Å²) in [6.07, 6.45) is 2.65. The number of hydrogen-bond acceptors (Lipinski definition) is 2. The lowest BCUT2D eigenvalue weighted by Crippen LogP contribution is -2.28. The monoisotopic (exact) mass is 213 g/mol. The number of nitrogens with zero attached hydrogens (tertiary/aromatic N) is 1. The van der Waals surface area contributed by atoms with Crippen LogP contribution < -0.4 is 0 Å². The molecule has 0 aliphatic carbocycles. The Labute approximate surface area is 79.3 Å². The molecule has 0 bridgehead atoms. The Hall–Kier alpha value is 0.200. The molecule has 0 aliphatic heterocycles. The van der Waals surface area contributed by atoms with Crippen molar-refractivity contribution in [1.82, 2.24) is 4.31 Å². The van der Waals surface area contributed by atoms with Crippen molar-refractivity contribution in [2.45, 2.75) is 33.1 Å². The normalized spacial score (nSPS) is 12.3. The fourth-order valence-corrected chi connectivity index (χ4v) is 2.08. The van der Waals surface area contributed by atoms with Gasteiger partial charge in [-0.25, -0.2) is 0 Å². The van der Waals surface area contributed by atoms with Crippen LogP contribution >= 0.6 is 10.7 Å². The minimum Gasteiger partial charge on any atom is -0.195 e. The van der Waals surface area contributed by atoms with Crippen molar-refractivity contribution in [3.8, 4) is 0 Å². The maximum Gasteiger partial charge on any atom is 0.299 e. The van der Waals surface area contributed by atoms with Crippen LogP contribution in [-0.2, 0) is 9.24 Å². The standard InChI is InChI=1S/C7H16ClNO2S/c1-3-5-7-9(6-4-2)12(8,10)11/h3-7H2,1-2H3. The molecule has 5 heteroatoms. The Morgan fingerprint density at radius 3 is 2.08 bits per heavy atom. The second-order valence-corrected chi connectivity index (χ2v) is 5.21. The van der Waals surface area contributed by atoms with Crippen molar-refractivity contribution >= 4 is 19.9 Å². The molecule has 3 nitrogen and oxygen atoms in total. The first-order valence-corrected chi connectivity index (χ1v) is 6.48. The van der Waals surface area contributed by atoms with E-state index in [0.29, 0.717) is 13.1 Å². The van der Waals surface area contributed by atoms with E-state index < -0.39 is 9.24 Å². The van der Waals surface area contributed by atoms with Crippen LogP contribution in [0, 0.1) is 0 Å². The molecule has 0 radical (unpaired) electrons. The third kappa shape index (κ3) is 4.95. The zero-order valence-electron chi connectivity index (χ0n) is 7.59. The van der Waals surface area contributed by atoms with Crippen LogP contribution in [0.4, 0.5) is 0 Å². The highest BCUT2D eigenvalue weighted by molar-refractivity contribution is 8.11. The summed E-state index contributed by atoms with van der Waals surface area (Å²) in [7, 11) is 1.72. The fraction of sp³-hybridized carbons (Fsp3) is 1.00. The Morgan fingerprint density at radius 1 is 1.17 bits per heavy atom. The lowest BCUT2D eigenvalue weighted by molar-refractivity contribution is 0.412. The van der Waals surface area contributed by atoms with E-state index in [0.717, 1.165) is 19.3 Å². The maximum absolute atomic E-state index is 10.9.